The SMILES string of the molecule is C[C@H](O)c1ccc(N2CCCN(C)C(=O)C2)cc1. The molecule has 0 bridgehead atoms. The molecule has 0 saturated carbocycles. The molecule has 1 atom stereocenters. The van der Waals surface area contributed by atoms with Gasteiger partial charge in [-0.25, -0.2) is 0 Å². The largest absolute Gasteiger partial charge is 0.389 e. The first-order valence-electron chi connectivity index (χ1n) is 6.35. The van der Waals surface area contributed by atoms with Crippen LogP contribution in [-0.2, 0) is 4.79 Å². The van der Waals surface area contributed by atoms with Crippen LogP contribution < -0.4 is 4.90 Å². The molecule has 0 radical (unpaired) electrons. The Labute approximate surface area is 108 Å². The zero-order chi connectivity index (χ0) is 13.1. The molecule has 4 heteroatoms. The summed E-state index contributed by atoms with van der Waals surface area (Å²) in [6.45, 7) is 3.90. The molecule has 2 rings (SSSR count). The average Bonchev–Trinajstić information content (AvgIpc) is 2.52. The molecule has 0 spiro atoms. The molecule has 1 saturated heterocycles. The number of nitrogens with zero attached hydrogens (tertiary/aromatic N) is 2. The van der Waals surface area contributed by atoms with Crippen LogP contribution in [0, 0.1) is 0 Å². The normalized spacial score (nSPS) is 18.7. The van der Waals surface area contributed by atoms with Crippen LogP contribution >= 0.6 is 0 Å². The van der Waals surface area contributed by atoms with Crippen molar-refractivity contribution in [3.63, 3.8) is 0 Å². The highest BCUT2D eigenvalue weighted by Gasteiger charge is 2.19. The fourth-order valence-electron chi connectivity index (χ4n) is 2.17. The summed E-state index contributed by atoms with van der Waals surface area (Å²) in [6.07, 6.45) is 0.538. The van der Waals surface area contributed by atoms with Crippen LogP contribution in [0.1, 0.15) is 25.0 Å². The molecule has 18 heavy (non-hydrogen) atoms. The van der Waals surface area contributed by atoms with E-state index in [-0.39, 0.29) is 5.91 Å². The topological polar surface area (TPSA) is 43.8 Å². The van der Waals surface area contributed by atoms with Crippen molar-refractivity contribution in [1.82, 2.24) is 4.90 Å². The highest BCUT2D eigenvalue weighted by Crippen LogP contribution is 2.20. The molecule has 1 aromatic rings. The van der Waals surface area contributed by atoms with E-state index in [1.165, 1.54) is 0 Å². The summed E-state index contributed by atoms with van der Waals surface area (Å²) in [4.78, 5) is 15.7. The summed E-state index contributed by atoms with van der Waals surface area (Å²) in [7, 11) is 1.85. The third kappa shape index (κ3) is 2.82. The molecule has 0 aromatic heterocycles. The Bertz CT molecular complexity index is 414. The molecule has 4 nitrogen and oxygen atoms in total. The summed E-state index contributed by atoms with van der Waals surface area (Å²) in [5.41, 5.74) is 1.94. The van der Waals surface area contributed by atoms with Crippen LogP contribution in [0.4, 0.5) is 5.69 Å². The molecule has 1 heterocycles. The first-order chi connectivity index (χ1) is 8.58. The van der Waals surface area contributed by atoms with Gasteiger partial charge in [0.05, 0.1) is 12.6 Å². The van der Waals surface area contributed by atoms with Crippen LogP contribution in [0.5, 0.6) is 0 Å². The van der Waals surface area contributed by atoms with E-state index in [4.69, 9.17) is 0 Å². The van der Waals surface area contributed by atoms with Gasteiger partial charge in [0.25, 0.3) is 0 Å². The lowest BCUT2D eigenvalue weighted by Crippen LogP contribution is -2.34. The van der Waals surface area contributed by atoms with Gasteiger partial charge in [-0.15, -0.1) is 0 Å². The zero-order valence-corrected chi connectivity index (χ0v) is 11.0. The maximum atomic E-state index is 11.8. The Morgan fingerprint density at radius 3 is 2.50 bits per heavy atom. The highest BCUT2D eigenvalue weighted by atomic mass is 16.3. The molecule has 1 amide bonds. The van der Waals surface area contributed by atoms with Crippen molar-refractivity contribution in [2.75, 3.05) is 31.6 Å². The number of aliphatic hydroxyl groups is 1. The van der Waals surface area contributed by atoms with E-state index < -0.39 is 6.10 Å². The standard InChI is InChI=1S/C14H20N2O2/c1-11(17)12-4-6-13(7-5-12)16-9-3-8-15(2)14(18)10-16/h4-7,11,17H,3,8-10H2,1-2H3/t11-/m0/s1. The number of hydrogen-bond acceptors (Lipinski definition) is 3. The molecule has 1 aliphatic rings. The summed E-state index contributed by atoms with van der Waals surface area (Å²) < 4.78 is 0. The predicted octanol–water partition coefficient (Wildman–Crippen LogP) is 1.41. The summed E-state index contributed by atoms with van der Waals surface area (Å²) in [5.74, 6) is 0.159. The van der Waals surface area contributed by atoms with E-state index in [1.807, 2.05) is 31.3 Å². The predicted molar refractivity (Wildman–Crippen MR) is 71.5 cm³/mol. The molecule has 1 N–H and O–H groups in total. The quantitative estimate of drug-likeness (QED) is 0.860. The Morgan fingerprint density at radius 2 is 1.89 bits per heavy atom. The van der Waals surface area contributed by atoms with Gasteiger partial charge in [0.2, 0.25) is 5.91 Å². The maximum absolute atomic E-state index is 11.8. The van der Waals surface area contributed by atoms with Gasteiger partial charge in [0.1, 0.15) is 0 Å². The maximum Gasteiger partial charge on any atom is 0.241 e. The first kappa shape index (κ1) is 12.9. The number of rotatable bonds is 2. The van der Waals surface area contributed by atoms with E-state index in [9.17, 15) is 9.90 Å². The number of anilines is 1. The van der Waals surface area contributed by atoms with Gasteiger partial charge >= 0.3 is 0 Å². The van der Waals surface area contributed by atoms with Gasteiger partial charge in [-0.05, 0) is 31.0 Å². The second kappa shape index (κ2) is 5.40. The number of amides is 1. The Kier molecular flexibility index (Phi) is 3.87. The lowest BCUT2D eigenvalue weighted by Gasteiger charge is -2.22. The van der Waals surface area contributed by atoms with Gasteiger partial charge in [0.15, 0.2) is 0 Å². The Balaban J connectivity index is 2.13. The molecule has 1 fully saturated rings. The first-order valence-corrected chi connectivity index (χ1v) is 6.35. The second-order valence-electron chi connectivity index (χ2n) is 4.86. The van der Waals surface area contributed by atoms with E-state index in [0.29, 0.717) is 6.54 Å². The fraction of sp³-hybridized carbons (Fsp3) is 0.500. The highest BCUT2D eigenvalue weighted by molar-refractivity contribution is 5.81. The minimum Gasteiger partial charge on any atom is -0.389 e. The van der Waals surface area contributed by atoms with Crippen LogP contribution in [0.3, 0.4) is 0 Å². The third-order valence-corrected chi connectivity index (χ3v) is 3.41. The number of hydrogen-bond donors (Lipinski definition) is 1. The lowest BCUT2D eigenvalue weighted by molar-refractivity contribution is -0.127. The van der Waals surface area contributed by atoms with Gasteiger partial charge in [-0.1, -0.05) is 12.1 Å². The smallest absolute Gasteiger partial charge is 0.241 e. The van der Waals surface area contributed by atoms with Crippen LogP contribution in [0.25, 0.3) is 0 Å². The van der Waals surface area contributed by atoms with Crippen LogP contribution in [0.2, 0.25) is 0 Å². The lowest BCUT2D eigenvalue weighted by atomic mass is 10.1. The summed E-state index contributed by atoms with van der Waals surface area (Å²) >= 11 is 0. The molecular formula is C14H20N2O2. The van der Waals surface area contributed by atoms with E-state index >= 15 is 0 Å². The second-order valence-corrected chi connectivity index (χ2v) is 4.86. The Morgan fingerprint density at radius 1 is 1.22 bits per heavy atom. The van der Waals surface area contributed by atoms with Crippen LogP contribution in [0.15, 0.2) is 24.3 Å². The third-order valence-electron chi connectivity index (χ3n) is 3.41. The molecule has 1 aromatic carbocycles. The van der Waals surface area contributed by atoms with Crippen molar-refractivity contribution in [2.45, 2.75) is 19.4 Å². The fourth-order valence-corrected chi connectivity index (χ4v) is 2.17. The number of benzene rings is 1. The van der Waals surface area contributed by atoms with Gasteiger partial charge in [-0.2, -0.15) is 0 Å². The monoisotopic (exact) mass is 248 g/mol. The number of carbonyl (C=O) groups excluding carboxylic acids is 1. The average molecular weight is 248 g/mol. The number of carbonyl (C=O) groups is 1. The number of likely N-dealkylation sites (N-methyl/N-ethyl adjacent to an activating group) is 1. The van der Waals surface area contributed by atoms with Crippen molar-refractivity contribution in [3.05, 3.63) is 29.8 Å². The van der Waals surface area contributed by atoms with E-state index in [1.54, 1.807) is 11.8 Å². The van der Waals surface area contributed by atoms with Gasteiger partial charge < -0.3 is 14.9 Å². The van der Waals surface area contributed by atoms with Crippen molar-refractivity contribution in [3.8, 4) is 0 Å². The zero-order valence-electron chi connectivity index (χ0n) is 11.0. The van der Waals surface area contributed by atoms with Gasteiger partial charge in [0, 0.05) is 25.8 Å². The van der Waals surface area contributed by atoms with Crippen molar-refractivity contribution in [2.24, 2.45) is 0 Å². The van der Waals surface area contributed by atoms with Crippen molar-refractivity contribution >= 4 is 11.6 Å². The van der Waals surface area contributed by atoms with E-state index in [0.717, 1.165) is 30.8 Å². The Hall–Kier alpha value is -1.55. The van der Waals surface area contributed by atoms with Crippen LogP contribution in [-0.4, -0.2) is 42.6 Å². The van der Waals surface area contributed by atoms with E-state index in [2.05, 4.69) is 4.90 Å². The molecule has 1 aliphatic heterocycles. The van der Waals surface area contributed by atoms with Crippen molar-refractivity contribution < 1.29 is 9.90 Å². The number of aliphatic hydroxyl groups excluding tert-OH is 1. The minimum atomic E-state index is -0.448. The van der Waals surface area contributed by atoms with Crippen molar-refractivity contribution in [1.29, 1.82) is 0 Å². The molecule has 98 valence electrons. The van der Waals surface area contributed by atoms with Gasteiger partial charge in [-0.3, -0.25) is 4.79 Å². The molecule has 0 unspecified atom stereocenters. The molecule has 0 aliphatic carbocycles. The summed E-state index contributed by atoms with van der Waals surface area (Å²) in [6, 6.07) is 7.78. The summed E-state index contributed by atoms with van der Waals surface area (Å²) in [5, 5.41) is 9.47. The molecular weight excluding hydrogens is 228 g/mol. The minimum absolute atomic E-state index is 0.159.